The van der Waals surface area contributed by atoms with Gasteiger partial charge in [0.05, 0.1) is 7.11 Å². The van der Waals surface area contributed by atoms with E-state index in [1.54, 1.807) is 6.07 Å². The van der Waals surface area contributed by atoms with Crippen molar-refractivity contribution in [1.82, 2.24) is 0 Å². The molecule has 0 N–H and O–H groups in total. The number of carbonyl (C=O) groups is 1. The lowest BCUT2D eigenvalue weighted by Crippen LogP contribution is -2.31. The maximum Gasteiger partial charge on any atom is 0.350 e. The predicted molar refractivity (Wildman–Crippen MR) is 83.4 cm³/mol. The van der Waals surface area contributed by atoms with Gasteiger partial charge in [0.1, 0.15) is 17.1 Å². The second-order valence-electron chi connectivity index (χ2n) is 6.42. The SMILES string of the molecule is COc1cc(C2C(C)C=CC3CCCCC32)oc(=O)c1C=O. The van der Waals surface area contributed by atoms with E-state index in [1.165, 1.54) is 26.4 Å². The molecule has 1 fully saturated rings. The Hall–Kier alpha value is -1.84. The summed E-state index contributed by atoms with van der Waals surface area (Å²) in [4.78, 5) is 23.1. The number of allylic oxidation sites excluding steroid dienone is 2. The third-order valence-electron chi connectivity index (χ3n) is 5.20. The van der Waals surface area contributed by atoms with Crippen molar-refractivity contribution in [2.75, 3.05) is 7.11 Å². The van der Waals surface area contributed by atoms with E-state index in [1.807, 2.05) is 0 Å². The average molecular weight is 302 g/mol. The van der Waals surface area contributed by atoms with Crippen molar-refractivity contribution in [2.24, 2.45) is 17.8 Å². The van der Waals surface area contributed by atoms with Gasteiger partial charge in [-0.2, -0.15) is 0 Å². The third kappa shape index (κ3) is 2.51. The fourth-order valence-electron chi connectivity index (χ4n) is 4.11. The van der Waals surface area contributed by atoms with Crippen LogP contribution in [0.3, 0.4) is 0 Å². The van der Waals surface area contributed by atoms with Crippen molar-refractivity contribution in [3.8, 4) is 5.75 Å². The van der Waals surface area contributed by atoms with E-state index in [-0.39, 0.29) is 11.5 Å². The normalized spacial score (nSPS) is 30.6. The Morgan fingerprint density at radius 3 is 2.77 bits per heavy atom. The van der Waals surface area contributed by atoms with Crippen LogP contribution in [0.4, 0.5) is 0 Å². The highest BCUT2D eigenvalue weighted by Crippen LogP contribution is 2.48. The number of rotatable bonds is 3. The summed E-state index contributed by atoms with van der Waals surface area (Å²) in [5, 5.41) is 0. The van der Waals surface area contributed by atoms with Gasteiger partial charge in [-0.25, -0.2) is 4.79 Å². The molecule has 4 atom stereocenters. The predicted octanol–water partition coefficient (Wildman–Crippen LogP) is 3.56. The van der Waals surface area contributed by atoms with E-state index in [9.17, 15) is 9.59 Å². The molecule has 0 bridgehead atoms. The molecule has 0 aliphatic heterocycles. The van der Waals surface area contributed by atoms with Crippen molar-refractivity contribution in [2.45, 2.75) is 38.5 Å². The van der Waals surface area contributed by atoms with Gasteiger partial charge in [-0.3, -0.25) is 4.79 Å². The first-order valence-electron chi connectivity index (χ1n) is 8.01. The number of hydrogen-bond donors (Lipinski definition) is 0. The minimum absolute atomic E-state index is 0.0366. The summed E-state index contributed by atoms with van der Waals surface area (Å²) in [6.45, 7) is 2.16. The van der Waals surface area contributed by atoms with E-state index in [0.717, 1.165) is 6.42 Å². The van der Waals surface area contributed by atoms with Crippen LogP contribution in [0.2, 0.25) is 0 Å². The second kappa shape index (κ2) is 6.11. The van der Waals surface area contributed by atoms with E-state index < -0.39 is 5.63 Å². The van der Waals surface area contributed by atoms with Gasteiger partial charge in [-0.15, -0.1) is 0 Å². The fourth-order valence-corrected chi connectivity index (χ4v) is 4.11. The number of carbonyl (C=O) groups excluding carboxylic acids is 1. The third-order valence-corrected chi connectivity index (χ3v) is 5.20. The summed E-state index contributed by atoms with van der Waals surface area (Å²) >= 11 is 0. The molecule has 2 aliphatic rings. The number of methoxy groups -OCH3 is 1. The van der Waals surface area contributed by atoms with E-state index >= 15 is 0 Å². The molecule has 0 amide bonds. The Labute approximate surface area is 130 Å². The van der Waals surface area contributed by atoms with Crippen molar-refractivity contribution >= 4 is 6.29 Å². The number of hydrogen-bond acceptors (Lipinski definition) is 4. The molecule has 1 aromatic heterocycles. The summed E-state index contributed by atoms with van der Waals surface area (Å²) in [5.41, 5.74) is -0.635. The Kier molecular flexibility index (Phi) is 4.19. The Balaban J connectivity index is 2.05. The zero-order valence-electron chi connectivity index (χ0n) is 13.1. The molecule has 4 unspecified atom stereocenters. The quantitative estimate of drug-likeness (QED) is 0.633. The van der Waals surface area contributed by atoms with E-state index in [4.69, 9.17) is 9.15 Å². The van der Waals surface area contributed by atoms with Crippen molar-refractivity contribution < 1.29 is 13.9 Å². The molecule has 0 spiro atoms. The molecule has 2 aliphatic carbocycles. The Morgan fingerprint density at radius 1 is 1.27 bits per heavy atom. The molecule has 0 saturated heterocycles. The second-order valence-corrected chi connectivity index (χ2v) is 6.42. The summed E-state index contributed by atoms with van der Waals surface area (Å²) < 4.78 is 10.7. The lowest BCUT2D eigenvalue weighted by atomic mass is 9.64. The van der Waals surface area contributed by atoms with Crippen molar-refractivity contribution in [3.05, 3.63) is 40.0 Å². The molecule has 1 aromatic rings. The van der Waals surface area contributed by atoms with Crippen LogP contribution in [0.15, 0.2) is 27.4 Å². The summed E-state index contributed by atoms with van der Waals surface area (Å²) in [6, 6.07) is 1.73. The van der Waals surface area contributed by atoms with Crippen LogP contribution >= 0.6 is 0 Å². The molecule has 22 heavy (non-hydrogen) atoms. The Morgan fingerprint density at radius 2 is 2.05 bits per heavy atom. The van der Waals surface area contributed by atoms with Gasteiger partial charge in [0.2, 0.25) is 0 Å². The van der Waals surface area contributed by atoms with Gasteiger partial charge in [-0.05, 0) is 30.6 Å². The minimum atomic E-state index is -0.599. The molecule has 1 saturated carbocycles. The van der Waals surface area contributed by atoms with Crippen LogP contribution in [0.5, 0.6) is 5.75 Å². The molecule has 4 heteroatoms. The summed E-state index contributed by atoms with van der Waals surface area (Å²) in [7, 11) is 1.47. The summed E-state index contributed by atoms with van der Waals surface area (Å²) in [6.07, 6.45) is 9.93. The van der Waals surface area contributed by atoms with Crippen LogP contribution in [0.1, 0.15) is 54.6 Å². The molecule has 0 radical (unpaired) electrons. The number of aldehydes is 1. The first-order chi connectivity index (χ1) is 10.7. The first-order valence-corrected chi connectivity index (χ1v) is 8.01. The van der Waals surface area contributed by atoms with Gasteiger partial charge in [-0.1, -0.05) is 31.9 Å². The highest BCUT2D eigenvalue weighted by Gasteiger charge is 2.38. The molecule has 0 aromatic carbocycles. The van der Waals surface area contributed by atoms with Crippen molar-refractivity contribution in [1.29, 1.82) is 0 Å². The standard InChI is InChI=1S/C18H22O4/c1-11-7-8-12-5-3-4-6-13(12)17(11)16-9-15(21-2)14(10-19)18(20)22-16/h7-13,17H,3-6H2,1-2H3. The molecular weight excluding hydrogens is 280 g/mol. The van der Waals surface area contributed by atoms with Crippen LogP contribution < -0.4 is 10.4 Å². The monoisotopic (exact) mass is 302 g/mol. The van der Waals surface area contributed by atoms with Crippen LogP contribution in [0.25, 0.3) is 0 Å². The molecular formula is C18H22O4. The highest BCUT2D eigenvalue weighted by molar-refractivity contribution is 5.78. The van der Waals surface area contributed by atoms with Gasteiger partial charge in [0.25, 0.3) is 0 Å². The summed E-state index contributed by atoms with van der Waals surface area (Å²) in [5.74, 6) is 2.53. The number of ether oxygens (including phenoxy) is 1. The molecule has 3 rings (SSSR count). The smallest absolute Gasteiger partial charge is 0.350 e. The van der Waals surface area contributed by atoms with Gasteiger partial charge in [0.15, 0.2) is 6.29 Å². The van der Waals surface area contributed by atoms with Gasteiger partial charge >= 0.3 is 5.63 Å². The lowest BCUT2D eigenvalue weighted by molar-refractivity contribution is 0.111. The van der Waals surface area contributed by atoms with Crippen LogP contribution in [0, 0.1) is 17.8 Å². The first kappa shape index (κ1) is 15.1. The topological polar surface area (TPSA) is 56.5 Å². The van der Waals surface area contributed by atoms with Gasteiger partial charge in [0, 0.05) is 12.0 Å². The minimum Gasteiger partial charge on any atom is -0.496 e. The number of fused-ring (bicyclic) bond motifs is 1. The van der Waals surface area contributed by atoms with E-state index in [2.05, 4.69) is 19.1 Å². The average Bonchev–Trinajstić information content (AvgIpc) is 2.53. The zero-order chi connectivity index (χ0) is 15.7. The molecule has 118 valence electrons. The van der Waals surface area contributed by atoms with E-state index in [0.29, 0.717) is 35.5 Å². The zero-order valence-corrected chi connectivity index (χ0v) is 13.1. The fraction of sp³-hybridized carbons (Fsp3) is 0.556. The van der Waals surface area contributed by atoms with Crippen LogP contribution in [-0.4, -0.2) is 13.4 Å². The lowest BCUT2D eigenvalue weighted by Gasteiger charge is -2.40. The maximum atomic E-state index is 12.1. The highest BCUT2D eigenvalue weighted by atomic mass is 16.5. The molecule has 4 nitrogen and oxygen atoms in total. The Bertz CT molecular complexity index is 643. The van der Waals surface area contributed by atoms with Gasteiger partial charge < -0.3 is 9.15 Å². The van der Waals surface area contributed by atoms with Crippen LogP contribution in [-0.2, 0) is 0 Å². The van der Waals surface area contributed by atoms with Crippen molar-refractivity contribution in [3.63, 3.8) is 0 Å². The largest absolute Gasteiger partial charge is 0.496 e. The molecule has 1 heterocycles. The maximum absolute atomic E-state index is 12.1.